The Kier molecular flexibility index (Phi) is 4.03. The monoisotopic (exact) mass is 379 g/mol. The number of benzene rings is 1. The number of rotatable bonds is 3. The molecule has 28 heavy (non-hydrogen) atoms. The van der Waals surface area contributed by atoms with Crippen LogP contribution >= 0.6 is 0 Å². The van der Waals surface area contributed by atoms with Crippen LogP contribution in [0, 0.1) is 11.7 Å². The molecule has 0 spiro atoms. The molecule has 0 aliphatic heterocycles. The van der Waals surface area contributed by atoms with Crippen LogP contribution in [0.1, 0.15) is 48.0 Å². The molecule has 2 aromatic heterocycles. The van der Waals surface area contributed by atoms with Gasteiger partial charge in [0.05, 0.1) is 5.39 Å². The maximum absolute atomic E-state index is 14.7. The molecule has 3 N–H and O–H groups in total. The van der Waals surface area contributed by atoms with Crippen molar-refractivity contribution in [1.82, 2.24) is 14.8 Å². The smallest absolute Gasteiger partial charge is 0.252 e. The van der Waals surface area contributed by atoms with Crippen molar-refractivity contribution in [1.29, 1.82) is 0 Å². The second kappa shape index (κ2) is 6.58. The minimum absolute atomic E-state index is 0.0665. The van der Waals surface area contributed by atoms with Crippen LogP contribution < -0.4 is 11.1 Å². The Balaban J connectivity index is 1.57. The van der Waals surface area contributed by atoms with Crippen molar-refractivity contribution in [3.05, 3.63) is 41.2 Å². The number of carbonyl (C=O) groups excluding carboxylic acids is 1. The van der Waals surface area contributed by atoms with Gasteiger partial charge in [0.2, 0.25) is 0 Å². The lowest BCUT2D eigenvalue weighted by molar-refractivity contribution is 0.0826. The number of nitrogens with zero attached hydrogens (tertiary/aromatic N) is 3. The Morgan fingerprint density at radius 2 is 2.04 bits per heavy atom. The van der Waals surface area contributed by atoms with Crippen LogP contribution in [0.2, 0.25) is 0 Å². The molecule has 1 aromatic carbocycles. The van der Waals surface area contributed by atoms with Gasteiger partial charge < -0.3 is 11.1 Å². The number of hydrogen-bond acceptors (Lipinski definition) is 5. The number of nitrogens with two attached hydrogens (primary N) is 1. The highest BCUT2D eigenvalue weighted by atomic mass is 19.1. The van der Waals surface area contributed by atoms with E-state index in [1.54, 1.807) is 0 Å². The summed E-state index contributed by atoms with van der Waals surface area (Å²) in [5.41, 5.74) is 9.62. The number of nitrogens with one attached hydrogen (secondary N) is 1. The molecule has 2 aliphatic carbocycles. The van der Waals surface area contributed by atoms with Gasteiger partial charge in [-0.25, -0.2) is 9.37 Å². The zero-order valence-electron chi connectivity index (χ0n) is 15.5. The fraction of sp³-hybridized carbons (Fsp3) is 0.381. The quantitative estimate of drug-likeness (QED) is 0.712. The van der Waals surface area contributed by atoms with Gasteiger partial charge in [0.25, 0.3) is 5.91 Å². The van der Waals surface area contributed by atoms with Gasteiger partial charge in [-0.05, 0) is 55.4 Å². The summed E-state index contributed by atoms with van der Waals surface area (Å²) < 4.78 is 16.0. The SMILES string of the molecule is Nc1nn(C(=O)C2CCCC2)c2nc(Nc3cccc4c3CCC4)c(F)cc12. The summed E-state index contributed by atoms with van der Waals surface area (Å²) in [6.45, 7) is 0. The number of fused-ring (bicyclic) bond motifs is 2. The molecule has 5 rings (SSSR count). The maximum atomic E-state index is 14.7. The summed E-state index contributed by atoms with van der Waals surface area (Å²) in [6.07, 6.45) is 6.89. The number of aromatic nitrogens is 3. The molecule has 1 saturated carbocycles. The van der Waals surface area contributed by atoms with Crippen molar-refractivity contribution in [2.75, 3.05) is 11.1 Å². The molecular weight excluding hydrogens is 357 g/mol. The molecule has 1 fully saturated rings. The largest absolute Gasteiger partial charge is 0.382 e. The molecule has 0 radical (unpaired) electrons. The standard InChI is InChI=1S/C21H22FN5O/c22-16-11-15-18(23)26-27(21(28)13-5-1-2-6-13)20(15)25-19(16)24-17-10-4-8-12-7-3-9-14(12)17/h4,8,10-11,13H,1-3,5-7,9H2,(H2,23,26)(H,24,25). The normalized spacial score (nSPS) is 16.6. The van der Waals surface area contributed by atoms with E-state index in [2.05, 4.69) is 21.5 Å². The van der Waals surface area contributed by atoms with E-state index in [9.17, 15) is 9.18 Å². The molecule has 3 aromatic rings. The van der Waals surface area contributed by atoms with E-state index in [4.69, 9.17) is 5.73 Å². The highest BCUT2D eigenvalue weighted by molar-refractivity contribution is 5.96. The molecule has 6 nitrogen and oxygen atoms in total. The number of pyridine rings is 1. The second-order valence-electron chi connectivity index (χ2n) is 7.73. The Hall–Kier alpha value is -2.96. The van der Waals surface area contributed by atoms with Crippen LogP contribution in [0.5, 0.6) is 0 Å². The average molecular weight is 379 g/mol. The molecule has 0 amide bonds. The summed E-state index contributed by atoms with van der Waals surface area (Å²) >= 11 is 0. The predicted octanol–water partition coefficient (Wildman–Crippen LogP) is 4.22. The van der Waals surface area contributed by atoms with E-state index in [0.29, 0.717) is 11.0 Å². The summed E-state index contributed by atoms with van der Waals surface area (Å²) in [7, 11) is 0. The van der Waals surface area contributed by atoms with Crippen LogP contribution in [0.15, 0.2) is 24.3 Å². The number of hydrogen-bond donors (Lipinski definition) is 2. The number of carbonyl (C=O) groups is 1. The fourth-order valence-electron chi connectivity index (χ4n) is 4.49. The minimum Gasteiger partial charge on any atom is -0.382 e. The molecule has 0 unspecified atom stereocenters. The Labute approximate surface area is 161 Å². The molecule has 0 bridgehead atoms. The number of nitrogen functional groups attached to an aromatic ring is 1. The van der Waals surface area contributed by atoms with Crippen molar-refractivity contribution in [2.24, 2.45) is 5.92 Å². The van der Waals surface area contributed by atoms with E-state index in [1.165, 1.54) is 21.9 Å². The van der Waals surface area contributed by atoms with Gasteiger partial charge in [-0.2, -0.15) is 4.68 Å². The number of anilines is 3. The lowest BCUT2D eigenvalue weighted by atomic mass is 10.1. The van der Waals surface area contributed by atoms with E-state index in [-0.39, 0.29) is 23.5 Å². The van der Waals surface area contributed by atoms with Crippen molar-refractivity contribution in [3.63, 3.8) is 0 Å². The van der Waals surface area contributed by atoms with Gasteiger partial charge in [0, 0.05) is 11.6 Å². The number of halogens is 1. The first-order valence-corrected chi connectivity index (χ1v) is 9.88. The summed E-state index contributed by atoms with van der Waals surface area (Å²) in [6, 6.07) is 7.32. The zero-order chi connectivity index (χ0) is 19.3. The Bertz CT molecular complexity index is 1080. The van der Waals surface area contributed by atoms with Crippen LogP contribution in [0.4, 0.5) is 21.7 Å². The van der Waals surface area contributed by atoms with Crippen molar-refractivity contribution < 1.29 is 9.18 Å². The fourth-order valence-corrected chi connectivity index (χ4v) is 4.49. The topological polar surface area (TPSA) is 85.8 Å². The first-order chi connectivity index (χ1) is 13.6. The summed E-state index contributed by atoms with van der Waals surface area (Å²) in [5.74, 6) is -0.469. The van der Waals surface area contributed by atoms with Gasteiger partial charge >= 0.3 is 0 Å². The minimum atomic E-state index is -0.511. The van der Waals surface area contributed by atoms with E-state index < -0.39 is 5.82 Å². The van der Waals surface area contributed by atoms with Crippen molar-refractivity contribution in [3.8, 4) is 0 Å². The average Bonchev–Trinajstić information content (AvgIpc) is 3.43. The van der Waals surface area contributed by atoms with E-state index >= 15 is 0 Å². The third-order valence-corrected chi connectivity index (χ3v) is 5.95. The molecular formula is C21H22FN5O. The van der Waals surface area contributed by atoms with Crippen LogP contribution in [0.25, 0.3) is 11.0 Å². The van der Waals surface area contributed by atoms with Crippen LogP contribution in [-0.4, -0.2) is 20.7 Å². The maximum Gasteiger partial charge on any atom is 0.252 e. The van der Waals surface area contributed by atoms with Gasteiger partial charge in [-0.15, -0.1) is 5.10 Å². The molecule has 7 heteroatoms. The third-order valence-electron chi connectivity index (χ3n) is 5.95. The lowest BCUT2D eigenvalue weighted by Crippen LogP contribution is -2.21. The summed E-state index contributed by atoms with van der Waals surface area (Å²) in [4.78, 5) is 17.3. The van der Waals surface area contributed by atoms with Gasteiger partial charge in [-0.3, -0.25) is 4.79 Å². The first-order valence-electron chi connectivity index (χ1n) is 9.88. The van der Waals surface area contributed by atoms with E-state index in [1.807, 2.05) is 12.1 Å². The number of aryl methyl sites for hydroxylation is 1. The van der Waals surface area contributed by atoms with E-state index in [0.717, 1.165) is 50.6 Å². The molecule has 2 aliphatic rings. The lowest BCUT2D eigenvalue weighted by Gasteiger charge is -2.12. The van der Waals surface area contributed by atoms with Gasteiger partial charge in [-0.1, -0.05) is 25.0 Å². The molecule has 0 atom stereocenters. The molecule has 2 heterocycles. The predicted molar refractivity (Wildman–Crippen MR) is 106 cm³/mol. The molecule has 144 valence electrons. The van der Waals surface area contributed by atoms with Crippen LogP contribution in [-0.2, 0) is 12.8 Å². The Morgan fingerprint density at radius 3 is 2.86 bits per heavy atom. The highest BCUT2D eigenvalue weighted by Crippen LogP contribution is 2.33. The third kappa shape index (κ3) is 2.73. The van der Waals surface area contributed by atoms with Gasteiger partial charge in [0.1, 0.15) is 0 Å². The molecule has 0 saturated heterocycles. The first kappa shape index (κ1) is 17.2. The zero-order valence-corrected chi connectivity index (χ0v) is 15.5. The van der Waals surface area contributed by atoms with Crippen LogP contribution in [0.3, 0.4) is 0 Å². The van der Waals surface area contributed by atoms with Crippen molar-refractivity contribution >= 4 is 34.3 Å². The summed E-state index contributed by atoms with van der Waals surface area (Å²) in [5, 5.41) is 7.67. The Morgan fingerprint density at radius 1 is 1.21 bits per heavy atom. The second-order valence-corrected chi connectivity index (χ2v) is 7.73. The highest BCUT2D eigenvalue weighted by Gasteiger charge is 2.28. The van der Waals surface area contributed by atoms with Gasteiger partial charge in [0.15, 0.2) is 23.1 Å². The van der Waals surface area contributed by atoms with Crippen molar-refractivity contribution in [2.45, 2.75) is 44.9 Å².